The summed E-state index contributed by atoms with van der Waals surface area (Å²) in [6, 6.07) is 12.2. The molecule has 2 rings (SSSR count). The number of hydrogen-bond donors (Lipinski definition) is 1. The highest BCUT2D eigenvalue weighted by atomic mass is 79.9. The first-order chi connectivity index (χ1) is 9.65. The van der Waals surface area contributed by atoms with Crippen molar-refractivity contribution in [3.63, 3.8) is 0 Å². The number of nitrogens with one attached hydrogen (secondary N) is 1. The number of methoxy groups -OCH3 is 2. The van der Waals surface area contributed by atoms with Crippen LogP contribution in [0.5, 0.6) is 11.5 Å². The third-order valence-corrected chi connectivity index (χ3v) is 3.86. The van der Waals surface area contributed by atoms with E-state index in [9.17, 15) is 0 Å². The molecular weight excluding hydrogens is 318 g/mol. The van der Waals surface area contributed by atoms with Crippen molar-refractivity contribution in [2.24, 2.45) is 0 Å². The van der Waals surface area contributed by atoms with Crippen LogP contribution in [0, 0.1) is 6.92 Å². The van der Waals surface area contributed by atoms with Gasteiger partial charge in [-0.3, -0.25) is 0 Å². The smallest absolute Gasteiger partial charge is 0.166 e. The lowest BCUT2D eigenvalue weighted by atomic mass is 10.1. The first-order valence-corrected chi connectivity index (χ1v) is 7.15. The number of benzene rings is 2. The molecule has 0 amide bonds. The highest BCUT2D eigenvalue weighted by Gasteiger charge is 2.13. The fourth-order valence-electron chi connectivity index (χ4n) is 1.99. The third kappa shape index (κ3) is 3.25. The van der Waals surface area contributed by atoms with E-state index in [0.717, 1.165) is 27.2 Å². The molecule has 0 aliphatic rings. The Morgan fingerprint density at radius 1 is 1.00 bits per heavy atom. The predicted octanol–water partition coefficient (Wildman–Crippen LogP) is 4.39. The van der Waals surface area contributed by atoms with Crippen LogP contribution in [0.3, 0.4) is 0 Å². The summed E-state index contributed by atoms with van der Waals surface area (Å²) >= 11 is 3.56. The van der Waals surface area contributed by atoms with Crippen LogP contribution >= 0.6 is 15.9 Å². The van der Waals surface area contributed by atoms with Crippen molar-refractivity contribution in [3.8, 4) is 11.5 Å². The quantitative estimate of drug-likeness (QED) is 0.879. The Morgan fingerprint density at radius 3 is 2.30 bits per heavy atom. The zero-order chi connectivity index (χ0) is 14.5. The number of hydrogen-bond acceptors (Lipinski definition) is 3. The van der Waals surface area contributed by atoms with E-state index in [1.165, 1.54) is 5.56 Å². The summed E-state index contributed by atoms with van der Waals surface area (Å²) in [4.78, 5) is 0. The Balaban J connectivity index is 2.22. The summed E-state index contributed by atoms with van der Waals surface area (Å²) in [6.07, 6.45) is 0. The van der Waals surface area contributed by atoms with Crippen molar-refractivity contribution in [2.45, 2.75) is 13.5 Å². The molecular formula is C16H18BrNO2. The second kappa shape index (κ2) is 6.66. The Hall–Kier alpha value is -1.68. The molecule has 0 radical (unpaired) electrons. The molecule has 2 aromatic rings. The van der Waals surface area contributed by atoms with Crippen molar-refractivity contribution in [2.75, 3.05) is 19.5 Å². The lowest BCUT2D eigenvalue weighted by Gasteiger charge is -2.15. The molecule has 20 heavy (non-hydrogen) atoms. The van der Waals surface area contributed by atoms with Crippen molar-refractivity contribution < 1.29 is 9.47 Å². The highest BCUT2D eigenvalue weighted by molar-refractivity contribution is 9.10. The molecule has 0 aliphatic heterocycles. The number of ether oxygens (including phenoxy) is 2. The van der Waals surface area contributed by atoms with E-state index in [2.05, 4.69) is 52.4 Å². The average molecular weight is 336 g/mol. The van der Waals surface area contributed by atoms with E-state index in [1.807, 2.05) is 12.1 Å². The number of anilines is 1. The third-order valence-electron chi connectivity index (χ3n) is 3.11. The molecule has 0 aromatic heterocycles. The minimum Gasteiger partial charge on any atom is -0.493 e. The van der Waals surface area contributed by atoms with Crippen LogP contribution in [-0.2, 0) is 6.54 Å². The molecule has 2 aromatic carbocycles. The van der Waals surface area contributed by atoms with Gasteiger partial charge in [-0.25, -0.2) is 0 Å². The minimum absolute atomic E-state index is 0.657. The van der Waals surface area contributed by atoms with Gasteiger partial charge in [-0.15, -0.1) is 0 Å². The average Bonchev–Trinajstić information content (AvgIpc) is 2.47. The molecule has 0 fully saturated rings. The van der Waals surface area contributed by atoms with E-state index >= 15 is 0 Å². The van der Waals surface area contributed by atoms with Crippen LogP contribution in [0.2, 0.25) is 0 Å². The summed E-state index contributed by atoms with van der Waals surface area (Å²) < 4.78 is 11.8. The van der Waals surface area contributed by atoms with Gasteiger partial charge < -0.3 is 14.8 Å². The minimum atomic E-state index is 0.657. The van der Waals surface area contributed by atoms with Crippen molar-refractivity contribution in [1.29, 1.82) is 0 Å². The Morgan fingerprint density at radius 2 is 1.70 bits per heavy atom. The maximum Gasteiger partial charge on any atom is 0.166 e. The Kier molecular flexibility index (Phi) is 4.90. The molecule has 0 spiro atoms. The van der Waals surface area contributed by atoms with Gasteiger partial charge in [0, 0.05) is 22.3 Å². The second-order valence-electron chi connectivity index (χ2n) is 4.48. The molecule has 0 unspecified atom stereocenters. The van der Waals surface area contributed by atoms with Gasteiger partial charge in [0.15, 0.2) is 11.5 Å². The first kappa shape index (κ1) is 14.7. The van der Waals surface area contributed by atoms with E-state index in [-0.39, 0.29) is 0 Å². The predicted molar refractivity (Wildman–Crippen MR) is 85.8 cm³/mol. The molecule has 0 saturated heterocycles. The molecule has 0 atom stereocenters. The van der Waals surface area contributed by atoms with Gasteiger partial charge in [0.25, 0.3) is 0 Å². The molecule has 1 N–H and O–H groups in total. The SMILES string of the molecule is COc1ccc(Br)c(CNc2ccc(C)cc2)c1OC. The van der Waals surface area contributed by atoms with Crippen LogP contribution in [0.1, 0.15) is 11.1 Å². The highest BCUT2D eigenvalue weighted by Crippen LogP contribution is 2.36. The van der Waals surface area contributed by atoms with E-state index in [1.54, 1.807) is 14.2 Å². The monoisotopic (exact) mass is 335 g/mol. The number of halogens is 1. The fraction of sp³-hybridized carbons (Fsp3) is 0.250. The zero-order valence-corrected chi connectivity index (χ0v) is 13.5. The van der Waals surface area contributed by atoms with E-state index in [4.69, 9.17) is 9.47 Å². The maximum absolute atomic E-state index is 5.46. The van der Waals surface area contributed by atoms with Crippen LogP contribution in [0.4, 0.5) is 5.69 Å². The van der Waals surface area contributed by atoms with Crippen molar-refractivity contribution in [1.82, 2.24) is 0 Å². The van der Waals surface area contributed by atoms with E-state index in [0.29, 0.717) is 6.54 Å². The van der Waals surface area contributed by atoms with Gasteiger partial charge in [0.05, 0.1) is 14.2 Å². The molecule has 3 nitrogen and oxygen atoms in total. The molecule has 0 aliphatic carbocycles. The number of aryl methyl sites for hydroxylation is 1. The standard InChI is InChI=1S/C16H18BrNO2/c1-11-4-6-12(7-5-11)18-10-13-14(17)8-9-15(19-2)16(13)20-3/h4-9,18H,10H2,1-3H3. The summed E-state index contributed by atoms with van der Waals surface area (Å²) in [5, 5.41) is 3.39. The van der Waals surface area contributed by atoms with Crippen LogP contribution in [0.15, 0.2) is 40.9 Å². The lowest BCUT2D eigenvalue weighted by Crippen LogP contribution is -2.04. The largest absolute Gasteiger partial charge is 0.493 e. The normalized spacial score (nSPS) is 10.2. The summed E-state index contributed by atoms with van der Waals surface area (Å²) in [5.74, 6) is 1.48. The fourth-order valence-corrected chi connectivity index (χ4v) is 2.45. The van der Waals surface area contributed by atoms with Gasteiger partial charge in [0.1, 0.15) is 0 Å². The Bertz CT molecular complexity index is 582. The van der Waals surface area contributed by atoms with Crippen LogP contribution in [-0.4, -0.2) is 14.2 Å². The molecule has 4 heteroatoms. The molecule has 106 valence electrons. The lowest BCUT2D eigenvalue weighted by molar-refractivity contribution is 0.351. The van der Waals surface area contributed by atoms with Gasteiger partial charge in [-0.05, 0) is 31.2 Å². The topological polar surface area (TPSA) is 30.5 Å². The molecule has 0 saturated carbocycles. The maximum atomic E-state index is 5.46. The van der Waals surface area contributed by atoms with Gasteiger partial charge in [-0.2, -0.15) is 0 Å². The van der Waals surface area contributed by atoms with E-state index < -0.39 is 0 Å². The van der Waals surface area contributed by atoms with Gasteiger partial charge >= 0.3 is 0 Å². The molecule has 0 bridgehead atoms. The van der Waals surface area contributed by atoms with Gasteiger partial charge in [0.2, 0.25) is 0 Å². The van der Waals surface area contributed by atoms with Crippen LogP contribution < -0.4 is 14.8 Å². The summed E-state index contributed by atoms with van der Waals surface area (Å²) in [5.41, 5.74) is 3.36. The summed E-state index contributed by atoms with van der Waals surface area (Å²) in [7, 11) is 3.29. The second-order valence-corrected chi connectivity index (χ2v) is 5.34. The van der Waals surface area contributed by atoms with Crippen LogP contribution in [0.25, 0.3) is 0 Å². The zero-order valence-electron chi connectivity index (χ0n) is 11.9. The first-order valence-electron chi connectivity index (χ1n) is 6.35. The molecule has 0 heterocycles. The van der Waals surface area contributed by atoms with Gasteiger partial charge in [-0.1, -0.05) is 33.6 Å². The van der Waals surface area contributed by atoms with Crippen molar-refractivity contribution >= 4 is 21.6 Å². The number of rotatable bonds is 5. The Labute approximate surface area is 128 Å². The van der Waals surface area contributed by atoms with Crippen molar-refractivity contribution in [3.05, 3.63) is 52.0 Å². The summed E-state index contributed by atoms with van der Waals surface area (Å²) in [6.45, 7) is 2.73.